The van der Waals surface area contributed by atoms with Gasteiger partial charge >= 0.3 is 0 Å². The Morgan fingerprint density at radius 3 is 2.65 bits per heavy atom. The predicted octanol–water partition coefficient (Wildman–Crippen LogP) is 3.39. The number of nitrogens with zero attached hydrogens (tertiary/aromatic N) is 3. The molecule has 0 saturated heterocycles. The molecule has 0 bridgehead atoms. The third kappa shape index (κ3) is 5.37. The average Bonchev–Trinajstić information content (AvgIpc) is 2.85. The average molecular weight is 477 g/mol. The van der Waals surface area contributed by atoms with E-state index in [2.05, 4.69) is 15.3 Å². The van der Waals surface area contributed by atoms with Crippen molar-refractivity contribution in [1.29, 1.82) is 0 Å². The maximum atomic E-state index is 13.2. The SMILES string of the molecule is COc1ccccc1OCCNC(=O)CSc1nc2ccccc2c(=O)n1-c1cc(C)ccn1. The van der Waals surface area contributed by atoms with E-state index < -0.39 is 0 Å². The Balaban J connectivity index is 1.45. The number of aromatic nitrogens is 3. The van der Waals surface area contributed by atoms with Crippen molar-refractivity contribution < 1.29 is 14.3 Å². The summed E-state index contributed by atoms with van der Waals surface area (Å²) in [5, 5.41) is 3.72. The first kappa shape index (κ1) is 23.3. The Kier molecular flexibility index (Phi) is 7.44. The molecule has 8 nitrogen and oxygen atoms in total. The predicted molar refractivity (Wildman–Crippen MR) is 132 cm³/mol. The molecule has 1 N–H and O–H groups in total. The first-order valence-electron chi connectivity index (χ1n) is 10.7. The molecule has 0 spiro atoms. The van der Waals surface area contributed by atoms with Gasteiger partial charge in [-0.05, 0) is 48.9 Å². The zero-order valence-corrected chi connectivity index (χ0v) is 19.7. The number of benzene rings is 2. The maximum Gasteiger partial charge on any atom is 0.267 e. The number of aryl methyl sites for hydroxylation is 1. The highest BCUT2D eigenvalue weighted by Crippen LogP contribution is 2.25. The van der Waals surface area contributed by atoms with Gasteiger partial charge in [-0.15, -0.1) is 0 Å². The van der Waals surface area contributed by atoms with Gasteiger partial charge in [0.25, 0.3) is 5.56 Å². The number of para-hydroxylation sites is 3. The van der Waals surface area contributed by atoms with Gasteiger partial charge in [-0.25, -0.2) is 14.5 Å². The number of rotatable bonds is 9. The van der Waals surface area contributed by atoms with Crippen LogP contribution >= 0.6 is 11.8 Å². The molecule has 0 atom stereocenters. The van der Waals surface area contributed by atoms with E-state index in [0.29, 0.717) is 46.5 Å². The van der Waals surface area contributed by atoms with Gasteiger partial charge in [-0.3, -0.25) is 9.59 Å². The topological polar surface area (TPSA) is 95.3 Å². The molecule has 1 amide bonds. The minimum Gasteiger partial charge on any atom is -0.493 e. The number of thioether (sulfide) groups is 1. The van der Waals surface area contributed by atoms with Crippen LogP contribution in [0, 0.1) is 6.92 Å². The Bertz CT molecular complexity index is 1370. The lowest BCUT2D eigenvalue weighted by Crippen LogP contribution is -2.30. The van der Waals surface area contributed by atoms with Gasteiger partial charge in [0.05, 0.1) is 30.3 Å². The molecule has 0 saturated carbocycles. The Labute approximate surface area is 201 Å². The molecule has 2 heterocycles. The van der Waals surface area contributed by atoms with Crippen LogP contribution in [0.3, 0.4) is 0 Å². The molecule has 2 aromatic carbocycles. The van der Waals surface area contributed by atoms with Crippen LogP contribution in [-0.4, -0.2) is 46.5 Å². The summed E-state index contributed by atoms with van der Waals surface area (Å²) >= 11 is 1.18. The smallest absolute Gasteiger partial charge is 0.267 e. The fourth-order valence-corrected chi connectivity index (χ4v) is 4.16. The second kappa shape index (κ2) is 10.8. The number of pyridine rings is 1. The fraction of sp³-hybridized carbons (Fsp3) is 0.200. The molecule has 34 heavy (non-hydrogen) atoms. The summed E-state index contributed by atoms with van der Waals surface area (Å²) < 4.78 is 12.4. The van der Waals surface area contributed by atoms with Gasteiger partial charge in [-0.2, -0.15) is 0 Å². The summed E-state index contributed by atoms with van der Waals surface area (Å²) in [6, 6.07) is 18.1. The quantitative estimate of drug-likeness (QED) is 0.225. The summed E-state index contributed by atoms with van der Waals surface area (Å²) in [4.78, 5) is 34.7. The Morgan fingerprint density at radius 1 is 1.09 bits per heavy atom. The monoisotopic (exact) mass is 476 g/mol. The van der Waals surface area contributed by atoms with Gasteiger partial charge in [0.1, 0.15) is 12.4 Å². The molecule has 4 aromatic rings. The summed E-state index contributed by atoms with van der Waals surface area (Å²) in [7, 11) is 1.58. The zero-order chi connectivity index (χ0) is 23.9. The van der Waals surface area contributed by atoms with Crippen LogP contribution < -0.4 is 20.3 Å². The number of methoxy groups -OCH3 is 1. The Morgan fingerprint density at radius 2 is 1.85 bits per heavy atom. The molecular weight excluding hydrogens is 452 g/mol. The molecule has 4 rings (SSSR count). The minimum absolute atomic E-state index is 0.0885. The van der Waals surface area contributed by atoms with E-state index in [1.807, 2.05) is 43.3 Å². The molecule has 0 aliphatic carbocycles. The number of carbonyl (C=O) groups excluding carboxylic acids is 1. The van der Waals surface area contributed by atoms with Crippen LogP contribution in [-0.2, 0) is 4.79 Å². The number of amides is 1. The highest BCUT2D eigenvalue weighted by molar-refractivity contribution is 7.99. The van der Waals surface area contributed by atoms with E-state index >= 15 is 0 Å². The number of hydrogen-bond donors (Lipinski definition) is 1. The van der Waals surface area contributed by atoms with Gasteiger partial charge < -0.3 is 14.8 Å². The lowest BCUT2D eigenvalue weighted by Gasteiger charge is -2.13. The second-order valence-electron chi connectivity index (χ2n) is 7.38. The third-order valence-corrected chi connectivity index (χ3v) is 5.90. The molecule has 0 radical (unpaired) electrons. The van der Waals surface area contributed by atoms with Crippen molar-refractivity contribution in [2.75, 3.05) is 26.0 Å². The first-order valence-corrected chi connectivity index (χ1v) is 11.7. The van der Waals surface area contributed by atoms with Crippen molar-refractivity contribution in [2.45, 2.75) is 12.1 Å². The van der Waals surface area contributed by atoms with Crippen LogP contribution in [0.4, 0.5) is 0 Å². The second-order valence-corrected chi connectivity index (χ2v) is 8.32. The van der Waals surface area contributed by atoms with Gasteiger partial charge in [0.2, 0.25) is 5.91 Å². The summed E-state index contributed by atoms with van der Waals surface area (Å²) in [5.74, 6) is 1.61. The highest BCUT2D eigenvalue weighted by atomic mass is 32.2. The van der Waals surface area contributed by atoms with E-state index in [1.54, 1.807) is 37.6 Å². The van der Waals surface area contributed by atoms with Gasteiger partial charge in [-0.1, -0.05) is 36.0 Å². The van der Waals surface area contributed by atoms with Crippen molar-refractivity contribution >= 4 is 28.6 Å². The first-order chi connectivity index (χ1) is 16.6. The van der Waals surface area contributed by atoms with E-state index in [1.165, 1.54) is 16.3 Å². The largest absolute Gasteiger partial charge is 0.493 e. The number of ether oxygens (including phenoxy) is 2. The van der Waals surface area contributed by atoms with Crippen LogP contribution in [0.5, 0.6) is 11.5 Å². The summed E-state index contributed by atoms with van der Waals surface area (Å²) in [5.41, 5.74) is 1.31. The van der Waals surface area contributed by atoms with E-state index in [0.717, 1.165) is 5.56 Å². The standard InChI is InChI=1S/C25H24N4O4S/c1-17-11-12-26-22(15-17)29-24(31)18-7-3-4-8-19(18)28-25(29)34-16-23(30)27-13-14-33-21-10-6-5-9-20(21)32-2/h3-12,15H,13-14,16H2,1-2H3,(H,27,30). The molecule has 0 fully saturated rings. The minimum atomic E-state index is -0.225. The Hall–Kier alpha value is -3.85. The molecule has 0 unspecified atom stereocenters. The van der Waals surface area contributed by atoms with E-state index in [9.17, 15) is 9.59 Å². The molecule has 174 valence electrons. The fourth-order valence-electron chi connectivity index (χ4n) is 3.32. The molecule has 0 aliphatic rings. The number of fused-ring (bicyclic) bond motifs is 1. The third-order valence-electron chi connectivity index (χ3n) is 4.96. The van der Waals surface area contributed by atoms with Crippen LogP contribution in [0.1, 0.15) is 5.56 Å². The zero-order valence-electron chi connectivity index (χ0n) is 18.9. The highest BCUT2D eigenvalue weighted by Gasteiger charge is 2.15. The van der Waals surface area contributed by atoms with Crippen molar-refractivity contribution in [3.05, 3.63) is 82.8 Å². The van der Waals surface area contributed by atoms with Crippen molar-refractivity contribution in [3.8, 4) is 17.3 Å². The number of hydrogen-bond acceptors (Lipinski definition) is 7. The van der Waals surface area contributed by atoms with Crippen LogP contribution in [0.2, 0.25) is 0 Å². The maximum absolute atomic E-state index is 13.2. The van der Waals surface area contributed by atoms with Crippen molar-refractivity contribution in [1.82, 2.24) is 19.9 Å². The van der Waals surface area contributed by atoms with Gasteiger partial charge in [0, 0.05) is 6.20 Å². The van der Waals surface area contributed by atoms with Crippen molar-refractivity contribution in [3.63, 3.8) is 0 Å². The summed E-state index contributed by atoms with van der Waals surface area (Å²) in [6.07, 6.45) is 1.65. The normalized spacial score (nSPS) is 10.8. The molecular formula is C25H24N4O4S. The van der Waals surface area contributed by atoms with Crippen molar-refractivity contribution in [2.24, 2.45) is 0 Å². The number of nitrogens with one attached hydrogen (secondary N) is 1. The van der Waals surface area contributed by atoms with Crippen LogP contribution in [0.25, 0.3) is 16.7 Å². The molecule has 2 aromatic heterocycles. The molecule has 9 heteroatoms. The van der Waals surface area contributed by atoms with E-state index in [-0.39, 0.29) is 17.2 Å². The summed E-state index contributed by atoms with van der Waals surface area (Å²) in [6.45, 7) is 2.55. The molecule has 0 aliphatic heterocycles. The van der Waals surface area contributed by atoms with E-state index in [4.69, 9.17) is 9.47 Å². The number of carbonyl (C=O) groups is 1. The van der Waals surface area contributed by atoms with Gasteiger partial charge in [0.15, 0.2) is 16.7 Å². The lowest BCUT2D eigenvalue weighted by molar-refractivity contribution is -0.118. The lowest BCUT2D eigenvalue weighted by atomic mass is 10.2. The van der Waals surface area contributed by atoms with Crippen LogP contribution in [0.15, 0.2) is 76.8 Å².